The van der Waals surface area contributed by atoms with Crippen LogP contribution in [0, 0.1) is 0 Å². The van der Waals surface area contributed by atoms with Crippen molar-refractivity contribution >= 4 is 5.91 Å². The molecule has 1 N–H and O–H groups in total. The van der Waals surface area contributed by atoms with Crippen molar-refractivity contribution in [3.05, 3.63) is 72.2 Å². The molecule has 1 aliphatic heterocycles. The van der Waals surface area contributed by atoms with Crippen LogP contribution in [0.3, 0.4) is 0 Å². The fourth-order valence-electron chi connectivity index (χ4n) is 4.33. The Kier molecular flexibility index (Phi) is 5.52. The van der Waals surface area contributed by atoms with Crippen LogP contribution in [-0.4, -0.2) is 34.6 Å². The van der Waals surface area contributed by atoms with Crippen LogP contribution in [0.15, 0.2) is 61.1 Å². The quantitative estimate of drug-likeness (QED) is 0.676. The number of benzene rings is 1. The Balaban J connectivity index is 1.26. The van der Waals surface area contributed by atoms with Gasteiger partial charge in [-0.3, -0.25) is 9.78 Å². The molecule has 6 heteroatoms. The lowest BCUT2D eigenvalue weighted by Crippen LogP contribution is -2.42. The van der Waals surface area contributed by atoms with E-state index in [2.05, 4.69) is 21.4 Å². The first-order chi connectivity index (χ1) is 15.3. The van der Waals surface area contributed by atoms with E-state index >= 15 is 0 Å². The van der Waals surface area contributed by atoms with Crippen molar-refractivity contribution in [2.24, 2.45) is 0 Å². The van der Waals surface area contributed by atoms with E-state index < -0.39 is 0 Å². The van der Waals surface area contributed by atoms with Crippen molar-refractivity contribution in [1.29, 1.82) is 0 Å². The van der Waals surface area contributed by atoms with Crippen LogP contribution in [0.1, 0.15) is 41.6 Å². The fraction of sp³-hybridized carbons (Fsp3) is 0.320. The van der Waals surface area contributed by atoms with Crippen LogP contribution < -0.4 is 14.8 Å². The molecule has 0 unspecified atom stereocenters. The zero-order valence-electron chi connectivity index (χ0n) is 17.3. The number of amides is 1. The molecular weight excluding hydrogens is 390 g/mol. The van der Waals surface area contributed by atoms with Gasteiger partial charge in [-0.2, -0.15) is 0 Å². The largest absolute Gasteiger partial charge is 0.491 e. The second-order valence-electron chi connectivity index (χ2n) is 8.11. The third-order valence-corrected chi connectivity index (χ3v) is 5.94. The van der Waals surface area contributed by atoms with Gasteiger partial charge in [-0.15, -0.1) is 0 Å². The lowest BCUT2D eigenvalue weighted by atomic mass is 9.93. The van der Waals surface area contributed by atoms with E-state index in [-0.39, 0.29) is 18.1 Å². The maximum absolute atomic E-state index is 12.8. The van der Waals surface area contributed by atoms with Crippen molar-refractivity contribution in [2.75, 3.05) is 6.61 Å². The average molecular weight is 415 g/mol. The summed E-state index contributed by atoms with van der Waals surface area (Å²) in [7, 11) is 0. The molecule has 6 nitrogen and oxygen atoms in total. The maximum atomic E-state index is 12.8. The molecular formula is C25H25N3O3. The van der Waals surface area contributed by atoms with E-state index in [1.54, 1.807) is 30.7 Å². The second kappa shape index (κ2) is 8.76. The maximum Gasteiger partial charge on any atom is 0.253 e. The molecule has 1 atom stereocenters. The van der Waals surface area contributed by atoms with Crippen molar-refractivity contribution in [2.45, 2.75) is 44.2 Å². The van der Waals surface area contributed by atoms with Gasteiger partial charge in [0.05, 0.1) is 11.6 Å². The molecule has 1 saturated carbocycles. The summed E-state index contributed by atoms with van der Waals surface area (Å²) in [4.78, 5) is 21.2. The number of fused-ring (bicyclic) bond motifs is 1. The molecule has 1 fully saturated rings. The lowest BCUT2D eigenvalue weighted by molar-refractivity contribution is 0.0915. The van der Waals surface area contributed by atoms with Crippen LogP contribution in [0.25, 0.3) is 11.1 Å². The smallest absolute Gasteiger partial charge is 0.253 e. The number of rotatable bonds is 5. The highest BCUT2D eigenvalue weighted by Gasteiger charge is 2.25. The fourth-order valence-corrected chi connectivity index (χ4v) is 4.33. The summed E-state index contributed by atoms with van der Waals surface area (Å²) in [6.07, 6.45) is 10.7. The summed E-state index contributed by atoms with van der Waals surface area (Å²) in [5, 5.41) is 3.09. The average Bonchev–Trinajstić information content (AvgIpc) is 3.33. The van der Waals surface area contributed by atoms with Gasteiger partial charge in [0.15, 0.2) is 0 Å². The zero-order valence-corrected chi connectivity index (χ0v) is 17.3. The van der Waals surface area contributed by atoms with Gasteiger partial charge in [-0.25, -0.2) is 4.98 Å². The number of hydrogen-bond donors (Lipinski definition) is 1. The molecule has 158 valence electrons. The van der Waals surface area contributed by atoms with Crippen molar-refractivity contribution in [3.8, 4) is 22.8 Å². The predicted molar refractivity (Wildman–Crippen MR) is 117 cm³/mol. The van der Waals surface area contributed by atoms with Gasteiger partial charge < -0.3 is 14.8 Å². The summed E-state index contributed by atoms with van der Waals surface area (Å²) in [6.45, 7) is 0.439. The number of nitrogens with zero attached hydrogens (tertiary/aromatic N) is 2. The van der Waals surface area contributed by atoms with Gasteiger partial charge in [0.1, 0.15) is 18.5 Å². The molecule has 0 bridgehead atoms. The molecule has 3 heterocycles. The number of aromatic nitrogens is 2. The molecule has 0 radical (unpaired) electrons. The van der Waals surface area contributed by atoms with E-state index in [4.69, 9.17) is 9.47 Å². The van der Waals surface area contributed by atoms with Crippen molar-refractivity contribution in [3.63, 3.8) is 0 Å². The highest BCUT2D eigenvalue weighted by atomic mass is 16.5. The molecule has 2 aliphatic rings. The third kappa shape index (κ3) is 4.38. The third-order valence-electron chi connectivity index (χ3n) is 5.94. The minimum atomic E-state index is -0.154. The Labute approximate surface area is 181 Å². The SMILES string of the molecule is O=C(N[C@@H]1COc2cccc(-c3ccncc3)c2C1)c1ccc(OC2CCCC2)nc1. The molecule has 5 rings (SSSR count). The van der Waals surface area contributed by atoms with Crippen LogP contribution >= 0.6 is 0 Å². The summed E-state index contributed by atoms with van der Waals surface area (Å²) >= 11 is 0. The highest BCUT2D eigenvalue weighted by molar-refractivity contribution is 5.94. The Bertz CT molecular complexity index is 1050. The predicted octanol–water partition coefficient (Wildman–Crippen LogP) is 4.20. The molecule has 1 amide bonds. The minimum absolute atomic E-state index is 0.114. The van der Waals surface area contributed by atoms with E-state index in [9.17, 15) is 4.79 Å². The monoisotopic (exact) mass is 415 g/mol. The number of carbonyl (C=O) groups excluding carboxylic acids is 1. The zero-order chi connectivity index (χ0) is 21.0. The molecule has 0 spiro atoms. The van der Waals surface area contributed by atoms with Crippen LogP contribution in [0.4, 0.5) is 0 Å². The number of ether oxygens (including phenoxy) is 2. The van der Waals surface area contributed by atoms with Gasteiger partial charge in [-0.05, 0) is 61.1 Å². The topological polar surface area (TPSA) is 73.3 Å². The van der Waals surface area contributed by atoms with E-state index in [0.717, 1.165) is 35.3 Å². The Morgan fingerprint density at radius 3 is 2.68 bits per heavy atom. The second-order valence-corrected chi connectivity index (χ2v) is 8.11. The summed E-state index contributed by atoms with van der Waals surface area (Å²) in [5.74, 6) is 1.30. The van der Waals surface area contributed by atoms with Crippen LogP contribution in [0.2, 0.25) is 0 Å². The highest BCUT2D eigenvalue weighted by Crippen LogP contribution is 2.34. The Hall–Kier alpha value is -3.41. The van der Waals surface area contributed by atoms with E-state index in [1.807, 2.05) is 24.3 Å². The first-order valence-electron chi connectivity index (χ1n) is 10.8. The minimum Gasteiger partial charge on any atom is -0.491 e. The summed E-state index contributed by atoms with van der Waals surface area (Å²) in [6, 6.07) is 13.5. The molecule has 0 saturated heterocycles. The van der Waals surface area contributed by atoms with Crippen molar-refractivity contribution < 1.29 is 14.3 Å². The molecule has 31 heavy (non-hydrogen) atoms. The van der Waals surface area contributed by atoms with Crippen LogP contribution in [-0.2, 0) is 6.42 Å². The normalized spacial score (nSPS) is 18.1. The van der Waals surface area contributed by atoms with E-state index in [1.165, 1.54) is 12.8 Å². The van der Waals surface area contributed by atoms with Gasteiger partial charge >= 0.3 is 0 Å². The molecule has 1 aliphatic carbocycles. The van der Waals surface area contributed by atoms with Gasteiger partial charge in [0, 0.05) is 36.6 Å². The van der Waals surface area contributed by atoms with Crippen LogP contribution in [0.5, 0.6) is 11.6 Å². The lowest BCUT2D eigenvalue weighted by Gasteiger charge is -2.28. The first-order valence-corrected chi connectivity index (χ1v) is 10.8. The molecule has 1 aromatic carbocycles. The van der Waals surface area contributed by atoms with Gasteiger partial charge in [0.2, 0.25) is 5.88 Å². The standard InChI is InChI=1S/C25H25N3O3/c29-25(18-8-9-24(27-15-18)31-20-4-1-2-5-20)28-19-14-22-21(17-10-12-26-13-11-17)6-3-7-23(22)30-16-19/h3,6-13,15,19-20H,1-2,4-5,14,16H2,(H,28,29)/t19-/m0/s1. The first kappa shape index (κ1) is 19.5. The number of hydrogen-bond acceptors (Lipinski definition) is 5. The summed E-state index contributed by atoms with van der Waals surface area (Å²) in [5.41, 5.74) is 3.81. The molecule has 3 aromatic rings. The van der Waals surface area contributed by atoms with E-state index in [0.29, 0.717) is 24.5 Å². The Morgan fingerprint density at radius 2 is 1.90 bits per heavy atom. The summed E-state index contributed by atoms with van der Waals surface area (Å²) < 4.78 is 11.8. The number of pyridine rings is 2. The van der Waals surface area contributed by atoms with Crippen molar-refractivity contribution in [1.82, 2.24) is 15.3 Å². The number of carbonyl (C=O) groups is 1. The number of nitrogens with one attached hydrogen (secondary N) is 1. The Morgan fingerprint density at radius 1 is 1.06 bits per heavy atom. The molecule has 2 aromatic heterocycles. The van der Waals surface area contributed by atoms with Gasteiger partial charge in [0.25, 0.3) is 5.91 Å². The van der Waals surface area contributed by atoms with Gasteiger partial charge in [-0.1, -0.05) is 12.1 Å².